The molecule has 0 aliphatic carbocycles. The minimum Gasteiger partial charge on any atom is -0.322 e. The maximum absolute atomic E-state index is 12.4. The van der Waals surface area contributed by atoms with Crippen molar-refractivity contribution in [1.82, 2.24) is 9.97 Å². The zero-order valence-electron chi connectivity index (χ0n) is 13.9. The van der Waals surface area contributed by atoms with E-state index >= 15 is 0 Å². The predicted octanol–water partition coefficient (Wildman–Crippen LogP) is 4.47. The van der Waals surface area contributed by atoms with Crippen LogP contribution in [0.15, 0.2) is 51.1 Å². The number of aryl methyl sites for hydroxylation is 2. The number of amides is 1. The lowest BCUT2D eigenvalue weighted by Gasteiger charge is -2.07. The van der Waals surface area contributed by atoms with E-state index < -0.39 is 10.8 Å². The van der Waals surface area contributed by atoms with Gasteiger partial charge in [0.25, 0.3) is 11.6 Å². The Morgan fingerprint density at radius 1 is 1.23 bits per heavy atom. The SMILES string of the molecule is Cc1cc(NC(=O)c2ccc(Sc3nc(C)cs3)c([N+](=O)[O-])c2)ccn1. The fraction of sp³-hybridized carbons (Fsp3) is 0.118. The van der Waals surface area contributed by atoms with Crippen molar-refractivity contribution in [2.75, 3.05) is 5.32 Å². The molecule has 0 saturated carbocycles. The average molecular weight is 386 g/mol. The van der Waals surface area contributed by atoms with Crippen LogP contribution in [0.4, 0.5) is 11.4 Å². The van der Waals surface area contributed by atoms with E-state index in [-0.39, 0.29) is 11.3 Å². The number of aromatic nitrogens is 2. The van der Waals surface area contributed by atoms with Gasteiger partial charge in [0.15, 0.2) is 4.34 Å². The molecule has 7 nitrogen and oxygen atoms in total. The number of nitro groups is 1. The molecule has 2 aromatic heterocycles. The Bertz CT molecular complexity index is 988. The van der Waals surface area contributed by atoms with Crippen molar-refractivity contribution in [3.63, 3.8) is 0 Å². The van der Waals surface area contributed by atoms with Gasteiger partial charge in [-0.25, -0.2) is 4.98 Å². The number of rotatable bonds is 5. The molecule has 0 aliphatic heterocycles. The molecule has 0 bridgehead atoms. The van der Waals surface area contributed by atoms with Crippen LogP contribution in [0.25, 0.3) is 0 Å². The Morgan fingerprint density at radius 2 is 2.04 bits per heavy atom. The minimum atomic E-state index is -0.490. The number of hydrogen-bond acceptors (Lipinski definition) is 7. The van der Waals surface area contributed by atoms with Crippen molar-refractivity contribution in [2.24, 2.45) is 0 Å². The van der Waals surface area contributed by atoms with Gasteiger partial charge >= 0.3 is 0 Å². The lowest BCUT2D eigenvalue weighted by molar-refractivity contribution is -0.387. The van der Waals surface area contributed by atoms with Crippen LogP contribution in [0, 0.1) is 24.0 Å². The molecule has 1 aromatic carbocycles. The van der Waals surface area contributed by atoms with Crippen LogP contribution in [0.5, 0.6) is 0 Å². The number of benzene rings is 1. The Hall–Kier alpha value is -2.78. The maximum Gasteiger partial charge on any atom is 0.284 e. The van der Waals surface area contributed by atoms with Crippen molar-refractivity contribution in [3.8, 4) is 0 Å². The van der Waals surface area contributed by atoms with Crippen LogP contribution in [0.3, 0.4) is 0 Å². The Labute approximate surface area is 157 Å². The first-order valence-corrected chi connectivity index (χ1v) is 9.24. The van der Waals surface area contributed by atoms with Gasteiger partial charge < -0.3 is 5.32 Å². The van der Waals surface area contributed by atoms with Crippen molar-refractivity contribution in [3.05, 3.63) is 69.0 Å². The van der Waals surface area contributed by atoms with E-state index in [0.29, 0.717) is 10.6 Å². The number of nitro benzene ring substituents is 1. The molecule has 0 radical (unpaired) electrons. The number of thiazole rings is 1. The predicted molar refractivity (Wildman–Crippen MR) is 101 cm³/mol. The van der Waals surface area contributed by atoms with Gasteiger partial charge in [0, 0.05) is 40.3 Å². The van der Waals surface area contributed by atoms with Gasteiger partial charge in [-0.15, -0.1) is 11.3 Å². The molecule has 132 valence electrons. The van der Waals surface area contributed by atoms with Gasteiger partial charge in [0.05, 0.1) is 9.82 Å². The first-order chi connectivity index (χ1) is 12.4. The molecule has 1 N–H and O–H groups in total. The molecular weight excluding hydrogens is 372 g/mol. The second-order valence-corrected chi connectivity index (χ2v) is 7.58. The zero-order chi connectivity index (χ0) is 18.7. The van der Waals surface area contributed by atoms with E-state index in [2.05, 4.69) is 15.3 Å². The van der Waals surface area contributed by atoms with Crippen LogP contribution >= 0.6 is 23.1 Å². The molecule has 0 spiro atoms. The zero-order valence-corrected chi connectivity index (χ0v) is 15.6. The molecule has 1 amide bonds. The smallest absolute Gasteiger partial charge is 0.284 e. The largest absolute Gasteiger partial charge is 0.322 e. The number of pyridine rings is 1. The Morgan fingerprint density at radius 3 is 2.69 bits per heavy atom. The van der Waals surface area contributed by atoms with Crippen LogP contribution in [0.2, 0.25) is 0 Å². The summed E-state index contributed by atoms with van der Waals surface area (Å²) in [7, 11) is 0. The van der Waals surface area contributed by atoms with Gasteiger partial charge in [-0.05, 0) is 38.1 Å². The van der Waals surface area contributed by atoms with E-state index in [1.54, 1.807) is 30.5 Å². The van der Waals surface area contributed by atoms with E-state index in [1.165, 1.54) is 29.2 Å². The summed E-state index contributed by atoms with van der Waals surface area (Å²) in [5, 5.41) is 16.0. The Kier molecular flexibility index (Phi) is 5.29. The topological polar surface area (TPSA) is 98.0 Å². The summed E-state index contributed by atoms with van der Waals surface area (Å²) in [4.78, 5) is 32.2. The van der Waals surface area contributed by atoms with Gasteiger partial charge in [-0.1, -0.05) is 11.8 Å². The third-order valence-electron chi connectivity index (χ3n) is 3.37. The highest BCUT2D eigenvalue weighted by atomic mass is 32.2. The molecule has 26 heavy (non-hydrogen) atoms. The molecule has 3 rings (SSSR count). The third kappa shape index (κ3) is 4.24. The van der Waals surface area contributed by atoms with Crippen molar-refractivity contribution in [1.29, 1.82) is 0 Å². The quantitative estimate of drug-likeness (QED) is 0.513. The standard InChI is InChI=1S/C17H14N4O3S2/c1-10-7-13(5-6-18-10)20-16(22)12-3-4-15(14(8-12)21(23)24)26-17-19-11(2)9-25-17/h3-9H,1-2H3,(H,18,20,22). The van der Waals surface area contributed by atoms with Gasteiger partial charge in [0.1, 0.15) is 0 Å². The van der Waals surface area contributed by atoms with Crippen molar-refractivity contribution >= 4 is 40.4 Å². The highest BCUT2D eigenvalue weighted by Crippen LogP contribution is 2.36. The molecule has 0 atom stereocenters. The molecule has 0 fully saturated rings. The van der Waals surface area contributed by atoms with Crippen LogP contribution in [-0.4, -0.2) is 20.8 Å². The number of anilines is 1. The average Bonchev–Trinajstić information content (AvgIpc) is 3.00. The Balaban J connectivity index is 1.85. The number of hydrogen-bond donors (Lipinski definition) is 1. The van der Waals surface area contributed by atoms with E-state index in [9.17, 15) is 14.9 Å². The summed E-state index contributed by atoms with van der Waals surface area (Å²) >= 11 is 2.64. The molecule has 3 aromatic rings. The lowest BCUT2D eigenvalue weighted by Crippen LogP contribution is -2.12. The van der Waals surface area contributed by atoms with E-state index in [1.807, 2.05) is 19.2 Å². The van der Waals surface area contributed by atoms with Crippen molar-refractivity contribution in [2.45, 2.75) is 23.1 Å². The molecular formula is C17H14N4O3S2. The second-order valence-electron chi connectivity index (χ2n) is 5.44. The number of carbonyl (C=O) groups is 1. The summed E-state index contributed by atoms with van der Waals surface area (Å²) in [6, 6.07) is 7.81. The summed E-state index contributed by atoms with van der Waals surface area (Å²) in [6.07, 6.45) is 1.59. The highest BCUT2D eigenvalue weighted by Gasteiger charge is 2.19. The summed E-state index contributed by atoms with van der Waals surface area (Å²) in [6.45, 7) is 3.68. The molecule has 0 unspecified atom stereocenters. The first kappa shape index (κ1) is 18.0. The van der Waals surface area contributed by atoms with Gasteiger partial charge in [0.2, 0.25) is 0 Å². The van der Waals surface area contributed by atoms with E-state index in [0.717, 1.165) is 15.7 Å². The first-order valence-electron chi connectivity index (χ1n) is 7.55. The molecule has 0 saturated heterocycles. The summed E-state index contributed by atoms with van der Waals surface area (Å²) in [5.74, 6) is -0.416. The second kappa shape index (κ2) is 7.63. The number of nitrogens with zero attached hydrogens (tertiary/aromatic N) is 3. The van der Waals surface area contributed by atoms with Crippen LogP contribution < -0.4 is 5.32 Å². The summed E-state index contributed by atoms with van der Waals surface area (Å²) in [5.41, 5.74) is 2.30. The van der Waals surface area contributed by atoms with Crippen LogP contribution in [-0.2, 0) is 0 Å². The minimum absolute atomic E-state index is 0.124. The normalized spacial score (nSPS) is 10.5. The lowest BCUT2D eigenvalue weighted by atomic mass is 10.2. The molecule has 0 aliphatic rings. The highest BCUT2D eigenvalue weighted by molar-refractivity contribution is 8.01. The maximum atomic E-state index is 12.4. The third-order valence-corrected chi connectivity index (χ3v) is 5.49. The fourth-order valence-corrected chi connectivity index (χ4v) is 4.07. The van der Waals surface area contributed by atoms with Crippen LogP contribution in [0.1, 0.15) is 21.7 Å². The van der Waals surface area contributed by atoms with Crippen molar-refractivity contribution < 1.29 is 9.72 Å². The molecule has 9 heteroatoms. The van der Waals surface area contributed by atoms with Gasteiger partial charge in [-0.2, -0.15) is 0 Å². The fourth-order valence-electron chi connectivity index (χ4n) is 2.19. The van der Waals surface area contributed by atoms with Gasteiger partial charge in [-0.3, -0.25) is 19.9 Å². The number of nitrogens with one attached hydrogen (secondary N) is 1. The number of carbonyl (C=O) groups excluding carboxylic acids is 1. The van der Waals surface area contributed by atoms with E-state index in [4.69, 9.17) is 0 Å². The molecule has 2 heterocycles. The summed E-state index contributed by atoms with van der Waals surface area (Å²) < 4.78 is 0.718. The monoisotopic (exact) mass is 386 g/mol.